The molecule has 0 spiro atoms. The van der Waals surface area contributed by atoms with Crippen LogP contribution < -0.4 is 18.9 Å². The van der Waals surface area contributed by atoms with Gasteiger partial charge in [-0.05, 0) is 62.8 Å². The number of benzene rings is 2. The molecule has 2 saturated carbocycles. The van der Waals surface area contributed by atoms with Crippen molar-refractivity contribution in [3.63, 3.8) is 0 Å². The standard InChI is InChI=1S/C32H44O8/c33-29-9-3-11-31(35,23-29)15-19-39-27-7-2-8-28(22-27)40-20-16-32(36)12-4-10-30(34,24-32)14-18-38-26-6-1-5-25(21-26)37-17-13-29/h1-2,5-8,21-22,33-36H,3-4,9-20,23-24H2/t29-,30+,31+,32-. The van der Waals surface area contributed by atoms with Crippen molar-refractivity contribution in [2.75, 3.05) is 26.4 Å². The lowest BCUT2D eigenvalue weighted by atomic mass is 9.72. The fourth-order valence-electron chi connectivity index (χ4n) is 6.67. The van der Waals surface area contributed by atoms with E-state index in [-0.39, 0.29) is 12.8 Å². The third kappa shape index (κ3) is 7.81. The zero-order valence-corrected chi connectivity index (χ0v) is 23.4. The first-order chi connectivity index (χ1) is 19.1. The maximum absolute atomic E-state index is 11.3. The normalized spacial score (nSPS) is 34.1. The summed E-state index contributed by atoms with van der Waals surface area (Å²) < 4.78 is 23.8. The van der Waals surface area contributed by atoms with E-state index in [4.69, 9.17) is 18.9 Å². The van der Waals surface area contributed by atoms with Crippen LogP contribution in [0.4, 0.5) is 0 Å². The Hall–Kier alpha value is -2.52. The molecule has 4 atom stereocenters. The quantitative estimate of drug-likeness (QED) is 0.373. The van der Waals surface area contributed by atoms with Crippen LogP contribution in [0.2, 0.25) is 0 Å². The van der Waals surface area contributed by atoms with E-state index in [1.165, 1.54) is 0 Å². The Bertz CT molecular complexity index is 964. The Morgan fingerprint density at radius 2 is 0.700 bits per heavy atom. The third-order valence-corrected chi connectivity index (χ3v) is 8.84. The van der Waals surface area contributed by atoms with Crippen LogP contribution in [0.1, 0.15) is 77.0 Å². The number of rotatable bonds is 0. The van der Waals surface area contributed by atoms with Crippen LogP contribution in [0.25, 0.3) is 0 Å². The van der Waals surface area contributed by atoms with Crippen LogP contribution in [0, 0.1) is 0 Å². The molecule has 2 aromatic rings. The molecular formula is C32H44O8. The number of aliphatic hydroxyl groups is 4. The summed E-state index contributed by atoms with van der Waals surface area (Å²) in [7, 11) is 0. The van der Waals surface area contributed by atoms with Crippen molar-refractivity contribution in [2.24, 2.45) is 0 Å². The highest BCUT2D eigenvalue weighted by molar-refractivity contribution is 5.33. The Morgan fingerprint density at radius 3 is 0.975 bits per heavy atom. The smallest absolute Gasteiger partial charge is 0.122 e. The first-order valence-electron chi connectivity index (χ1n) is 14.8. The highest BCUT2D eigenvalue weighted by Crippen LogP contribution is 2.41. The van der Waals surface area contributed by atoms with E-state index in [1.54, 1.807) is 0 Å². The van der Waals surface area contributed by atoms with Crippen LogP contribution in [0.5, 0.6) is 23.0 Å². The van der Waals surface area contributed by atoms with Gasteiger partial charge in [0.1, 0.15) is 23.0 Å². The van der Waals surface area contributed by atoms with Gasteiger partial charge in [0, 0.05) is 50.7 Å². The fraction of sp³-hybridized carbons (Fsp3) is 0.625. The summed E-state index contributed by atoms with van der Waals surface area (Å²) in [4.78, 5) is 0. The molecule has 8 heteroatoms. The van der Waals surface area contributed by atoms with Gasteiger partial charge in [-0.3, -0.25) is 0 Å². The van der Waals surface area contributed by atoms with E-state index >= 15 is 0 Å². The average Bonchev–Trinajstić information content (AvgIpc) is 2.88. The predicted octanol–water partition coefficient (Wildman–Crippen LogP) is 4.55. The molecule has 8 bridgehead atoms. The maximum Gasteiger partial charge on any atom is 0.122 e. The molecule has 8 nitrogen and oxygen atoms in total. The molecule has 3 aliphatic rings. The molecule has 0 unspecified atom stereocenters. The summed E-state index contributed by atoms with van der Waals surface area (Å²) in [5.74, 6) is 2.57. The van der Waals surface area contributed by atoms with Gasteiger partial charge in [-0.25, -0.2) is 0 Å². The number of fused-ring (bicyclic) bond motifs is 8. The molecule has 2 aromatic carbocycles. The van der Waals surface area contributed by atoms with Gasteiger partial charge in [0.15, 0.2) is 0 Å². The van der Waals surface area contributed by atoms with Crippen LogP contribution in [0.15, 0.2) is 48.5 Å². The van der Waals surface area contributed by atoms with Crippen LogP contribution in [-0.4, -0.2) is 69.3 Å². The molecular weight excluding hydrogens is 512 g/mol. The van der Waals surface area contributed by atoms with E-state index in [0.717, 1.165) is 12.8 Å². The molecule has 0 radical (unpaired) electrons. The van der Waals surface area contributed by atoms with E-state index < -0.39 is 22.4 Å². The maximum atomic E-state index is 11.3. The molecule has 4 N–H and O–H groups in total. The molecule has 0 aromatic heterocycles. The van der Waals surface area contributed by atoms with Crippen LogP contribution in [-0.2, 0) is 0 Å². The summed E-state index contributed by atoms with van der Waals surface area (Å²) in [6.45, 7) is 1.27. The van der Waals surface area contributed by atoms with Gasteiger partial charge in [-0.1, -0.05) is 12.1 Å². The molecule has 1 aliphatic heterocycles. The molecule has 40 heavy (non-hydrogen) atoms. The lowest BCUT2D eigenvalue weighted by Crippen LogP contribution is -2.47. The molecule has 0 amide bonds. The molecule has 0 saturated heterocycles. The first kappa shape index (κ1) is 29.0. The van der Waals surface area contributed by atoms with E-state index in [9.17, 15) is 20.4 Å². The van der Waals surface area contributed by atoms with E-state index in [1.807, 2.05) is 48.5 Å². The van der Waals surface area contributed by atoms with Crippen molar-refractivity contribution >= 4 is 0 Å². The van der Waals surface area contributed by atoms with Gasteiger partial charge >= 0.3 is 0 Å². The number of hydrogen-bond donors (Lipinski definition) is 4. The minimum atomic E-state index is -1.00. The molecule has 2 aliphatic carbocycles. The minimum Gasteiger partial charge on any atom is -0.493 e. The molecule has 2 fully saturated rings. The zero-order chi connectivity index (χ0) is 28.1. The van der Waals surface area contributed by atoms with Gasteiger partial charge < -0.3 is 39.4 Å². The molecule has 1 heterocycles. The third-order valence-electron chi connectivity index (χ3n) is 8.84. The monoisotopic (exact) mass is 556 g/mol. The van der Waals surface area contributed by atoms with Crippen molar-refractivity contribution in [1.82, 2.24) is 0 Å². The van der Waals surface area contributed by atoms with Gasteiger partial charge in [-0.2, -0.15) is 0 Å². The number of ether oxygens (including phenoxy) is 4. The lowest BCUT2D eigenvalue weighted by molar-refractivity contribution is -0.114. The molecule has 220 valence electrons. The summed E-state index contributed by atoms with van der Waals surface area (Å²) in [5.41, 5.74) is -4.00. The summed E-state index contributed by atoms with van der Waals surface area (Å²) in [5, 5.41) is 45.1. The van der Waals surface area contributed by atoms with Crippen molar-refractivity contribution in [3.05, 3.63) is 48.5 Å². The van der Waals surface area contributed by atoms with E-state index in [2.05, 4.69) is 0 Å². The lowest BCUT2D eigenvalue weighted by Gasteiger charge is -2.42. The highest BCUT2D eigenvalue weighted by Gasteiger charge is 2.43. The second-order valence-electron chi connectivity index (χ2n) is 12.3. The Morgan fingerprint density at radius 1 is 0.425 bits per heavy atom. The predicted molar refractivity (Wildman–Crippen MR) is 150 cm³/mol. The van der Waals surface area contributed by atoms with Gasteiger partial charge in [-0.15, -0.1) is 0 Å². The second-order valence-corrected chi connectivity index (χ2v) is 12.3. The van der Waals surface area contributed by atoms with Crippen LogP contribution in [0.3, 0.4) is 0 Å². The van der Waals surface area contributed by atoms with Crippen molar-refractivity contribution in [1.29, 1.82) is 0 Å². The van der Waals surface area contributed by atoms with Crippen molar-refractivity contribution in [2.45, 2.75) is 99.5 Å². The summed E-state index contributed by atoms with van der Waals surface area (Å²) in [6.07, 6.45) is 6.19. The highest BCUT2D eigenvalue weighted by atomic mass is 16.5. The number of hydrogen-bond acceptors (Lipinski definition) is 8. The summed E-state index contributed by atoms with van der Waals surface area (Å²) >= 11 is 0. The Labute approximate surface area is 236 Å². The Kier molecular flexibility index (Phi) is 8.80. The first-order valence-corrected chi connectivity index (χ1v) is 14.8. The average molecular weight is 557 g/mol. The van der Waals surface area contributed by atoms with Crippen molar-refractivity contribution < 1.29 is 39.4 Å². The van der Waals surface area contributed by atoms with Crippen LogP contribution >= 0.6 is 0 Å². The summed E-state index contributed by atoms with van der Waals surface area (Å²) in [6, 6.07) is 14.7. The topological polar surface area (TPSA) is 118 Å². The zero-order valence-electron chi connectivity index (χ0n) is 23.4. The van der Waals surface area contributed by atoms with E-state index in [0.29, 0.717) is 101 Å². The Balaban J connectivity index is 1.29. The van der Waals surface area contributed by atoms with Crippen molar-refractivity contribution in [3.8, 4) is 23.0 Å². The van der Waals surface area contributed by atoms with Gasteiger partial charge in [0.05, 0.1) is 48.8 Å². The molecule has 5 rings (SSSR count). The minimum absolute atomic E-state index is 0.283. The largest absolute Gasteiger partial charge is 0.493 e. The SMILES string of the molecule is O[C@]12CCC[C@](O)(CCOc3cccc(c3)OCC[C@]3(O)CCC[C@](O)(CCOc4cccc(c4)OCC1)C3)C2. The van der Waals surface area contributed by atoms with Gasteiger partial charge in [0.2, 0.25) is 0 Å². The fourth-order valence-corrected chi connectivity index (χ4v) is 6.67. The second kappa shape index (κ2) is 12.1. The van der Waals surface area contributed by atoms with Gasteiger partial charge in [0.25, 0.3) is 0 Å².